The van der Waals surface area contributed by atoms with Gasteiger partial charge in [0.15, 0.2) is 5.78 Å². The van der Waals surface area contributed by atoms with Crippen molar-refractivity contribution < 1.29 is 13.6 Å². The van der Waals surface area contributed by atoms with Gasteiger partial charge in [-0.25, -0.2) is 8.78 Å². The van der Waals surface area contributed by atoms with Crippen LogP contribution in [0.3, 0.4) is 0 Å². The van der Waals surface area contributed by atoms with E-state index in [1.807, 2.05) is 13.0 Å². The number of alkyl halides is 2. The number of rotatable bonds is 10. The molecular formula is C23H30F2N4O. The van der Waals surface area contributed by atoms with Crippen molar-refractivity contribution in [3.05, 3.63) is 52.6 Å². The molecule has 2 aromatic heterocycles. The van der Waals surface area contributed by atoms with Gasteiger partial charge in [-0.1, -0.05) is 26.8 Å². The van der Waals surface area contributed by atoms with Gasteiger partial charge in [0.25, 0.3) is 5.92 Å². The zero-order valence-corrected chi connectivity index (χ0v) is 18.1. The van der Waals surface area contributed by atoms with Crippen LogP contribution in [-0.4, -0.2) is 27.9 Å². The largest absolute Gasteiger partial charge is 0.398 e. The van der Waals surface area contributed by atoms with E-state index < -0.39 is 11.8 Å². The lowest BCUT2D eigenvalue weighted by atomic mass is 9.95. The van der Waals surface area contributed by atoms with E-state index >= 15 is 0 Å². The number of aliphatic imine (C=N–C) groups is 1. The SMILES string of the molecule is CCC(=O)c1nccc(N)c1C=NCc1cnc(CCC(F)(F)C(C)CC)c(C)c1. The minimum absolute atomic E-state index is 0.0974. The van der Waals surface area contributed by atoms with E-state index in [4.69, 9.17) is 5.73 Å². The first-order valence-electron chi connectivity index (χ1n) is 10.3. The molecule has 7 heteroatoms. The van der Waals surface area contributed by atoms with Crippen LogP contribution in [0.1, 0.15) is 72.9 Å². The maximum Gasteiger partial charge on any atom is 0.251 e. The normalized spacial score (nSPS) is 13.0. The highest BCUT2D eigenvalue weighted by Crippen LogP contribution is 2.31. The Morgan fingerprint density at radius 3 is 2.70 bits per heavy atom. The molecule has 162 valence electrons. The second-order valence-electron chi connectivity index (χ2n) is 7.59. The second-order valence-corrected chi connectivity index (χ2v) is 7.59. The molecular weight excluding hydrogens is 386 g/mol. The molecule has 0 fully saturated rings. The fraction of sp³-hybridized carbons (Fsp3) is 0.478. The maximum absolute atomic E-state index is 14.1. The first kappa shape index (κ1) is 23.6. The molecule has 1 unspecified atom stereocenters. The number of nitrogens with zero attached hydrogens (tertiary/aromatic N) is 3. The summed E-state index contributed by atoms with van der Waals surface area (Å²) in [4.78, 5) is 24.9. The summed E-state index contributed by atoms with van der Waals surface area (Å²) in [5, 5.41) is 0. The number of hydrogen-bond acceptors (Lipinski definition) is 5. The van der Waals surface area contributed by atoms with E-state index in [2.05, 4.69) is 15.0 Å². The van der Waals surface area contributed by atoms with Gasteiger partial charge in [-0.2, -0.15) is 0 Å². The molecule has 1 atom stereocenters. The molecule has 2 heterocycles. The van der Waals surface area contributed by atoms with Crippen molar-refractivity contribution in [2.24, 2.45) is 10.9 Å². The molecule has 0 amide bonds. The lowest BCUT2D eigenvalue weighted by molar-refractivity contribution is -0.0597. The number of Topliss-reactive ketones (excluding diaryl/α,β-unsaturated/α-hetero) is 1. The van der Waals surface area contributed by atoms with Gasteiger partial charge in [0, 0.05) is 54.3 Å². The number of carbonyl (C=O) groups excluding carboxylic acids is 1. The van der Waals surface area contributed by atoms with Crippen LogP contribution in [0.4, 0.5) is 14.5 Å². The van der Waals surface area contributed by atoms with Gasteiger partial charge in [0.05, 0.1) is 6.54 Å². The van der Waals surface area contributed by atoms with E-state index in [-0.39, 0.29) is 18.6 Å². The molecule has 0 aliphatic heterocycles. The molecule has 0 radical (unpaired) electrons. The van der Waals surface area contributed by atoms with Crippen LogP contribution in [-0.2, 0) is 13.0 Å². The Balaban J connectivity index is 2.08. The maximum atomic E-state index is 14.1. The highest BCUT2D eigenvalue weighted by molar-refractivity contribution is 6.04. The van der Waals surface area contributed by atoms with Crippen molar-refractivity contribution in [2.75, 3.05) is 5.73 Å². The summed E-state index contributed by atoms with van der Waals surface area (Å²) >= 11 is 0. The van der Waals surface area contributed by atoms with Crippen molar-refractivity contribution in [3.63, 3.8) is 0 Å². The molecule has 0 saturated carbocycles. The molecule has 0 aliphatic carbocycles. The summed E-state index contributed by atoms with van der Waals surface area (Å²) in [6.45, 7) is 7.33. The number of aromatic nitrogens is 2. The molecule has 2 N–H and O–H groups in total. The van der Waals surface area contributed by atoms with Crippen LogP contribution in [0, 0.1) is 12.8 Å². The number of pyridine rings is 2. The first-order chi connectivity index (χ1) is 14.2. The topological polar surface area (TPSA) is 81.2 Å². The monoisotopic (exact) mass is 416 g/mol. The third kappa shape index (κ3) is 5.90. The van der Waals surface area contributed by atoms with E-state index in [0.29, 0.717) is 42.0 Å². The van der Waals surface area contributed by atoms with Gasteiger partial charge in [-0.3, -0.25) is 19.8 Å². The summed E-state index contributed by atoms with van der Waals surface area (Å²) in [6, 6.07) is 3.54. The Labute approximate surface area is 176 Å². The summed E-state index contributed by atoms with van der Waals surface area (Å²) < 4.78 is 28.2. The molecule has 2 aromatic rings. The summed E-state index contributed by atoms with van der Waals surface area (Å²) in [7, 11) is 0. The van der Waals surface area contributed by atoms with Crippen molar-refractivity contribution in [2.45, 2.75) is 65.8 Å². The van der Waals surface area contributed by atoms with Crippen LogP contribution in [0.15, 0.2) is 29.5 Å². The number of nitrogen functional groups attached to an aromatic ring is 1. The number of hydrogen-bond donors (Lipinski definition) is 1. The average molecular weight is 417 g/mol. The van der Waals surface area contributed by atoms with Crippen molar-refractivity contribution in [1.82, 2.24) is 9.97 Å². The second kappa shape index (κ2) is 10.4. The summed E-state index contributed by atoms with van der Waals surface area (Å²) in [5.41, 5.74) is 9.65. The van der Waals surface area contributed by atoms with Gasteiger partial charge in [0.1, 0.15) is 5.69 Å². The highest BCUT2D eigenvalue weighted by Gasteiger charge is 2.34. The first-order valence-corrected chi connectivity index (χ1v) is 10.3. The van der Waals surface area contributed by atoms with Gasteiger partial charge in [-0.15, -0.1) is 0 Å². The Hall–Kier alpha value is -2.70. The van der Waals surface area contributed by atoms with Gasteiger partial charge in [0.2, 0.25) is 0 Å². The van der Waals surface area contributed by atoms with Crippen LogP contribution in [0.25, 0.3) is 0 Å². The third-order valence-corrected chi connectivity index (χ3v) is 5.38. The van der Waals surface area contributed by atoms with Crippen molar-refractivity contribution >= 4 is 17.7 Å². The van der Waals surface area contributed by atoms with Crippen LogP contribution in [0.5, 0.6) is 0 Å². The Kier molecular flexibility index (Phi) is 8.15. The van der Waals surface area contributed by atoms with Gasteiger partial charge in [-0.05, 0) is 37.0 Å². The molecule has 0 aromatic carbocycles. The molecule has 0 saturated heterocycles. The zero-order chi connectivity index (χ0) is 22.3. The number of aryl methyl sites for hydroxylation is 2. The van der Waals surface area contributed by atoms with Gasteiger partial charge < -0.3 is 5.73 Å². The van der Waals surface area contributed by atoms with E-state index in [0.717, 1.165) is 11.1 Å². The summed E-state index contributed by atoms with van der Waals surface area (Å²) in [5.74, 6) is -3.43. The standard InChI is InChI=1S/C23H30F2N4O/c1-5-16(4)23(24,25)9-7-20-15(3)11-17(13-29-20)12-27-14-18-19(26)8-10-28-22(18)21(30)6-2/h8,10-11,13-14,16H,5-7,9,12H2,1-4H3,(H2,26,28). The van der Waals surface area contributed by atoms with E-state index in [1.165, 1.54) is 6.20 Å². The number of nitrogens with two attached hydrogens (primary N) is 1. The predicted molar refractivity (Wildman–Crippen MR) is 116 cm³/mol. The molecule has 0 aliphatic rings. The Bertz CT molecular complexity index is 912. The fourth-order valence-corrected chi connectivity index (χ4v) is 3.10. The third-order valence-electron chi connectivity index (χ3n) is 5.38. The fourth-order valence-electron chi connectivity index (χ4n) is 3.10. The van der Waals surface area contributed by atoms with Crippen LogP contribution >= 0.6 is 0 Å². The predicted octanol–water partition coefficient (Wildman–Crippen LogP) is 5.19. The Morgan fingerprint density at radius 1 is 1.33 bits per heavy atom. The minimum Gasteiger partial charge on any atom is -0.398 e. The van der Waals surface area contributed by atoms with Gasteiger partial charge >= 0.3 is 0 Å². The summed E-state index contributed by atoms with van der Waals surface area (Å²) in [6.07, 6.45) is 5.53. The highest BCUT2D eigenvalue weighted by atomic mass is 19.3. The minimum atomic E-state index is -2.69. The number of carbonyl (C=O) groups is 1. The number of ketones is 1. The van der Waals surface area contributed by atoms with Crippen molar-refractivity contribution in [3.8, 4) is 0 Å². The van der Waals surface area contributed by atoms with Crippen molar-refractivity contribution in [1.29, 1.82) is 0 Å². The zero-order valence-electron chi connectivity index (χ0n) is 18.1. The van der Waals surface area contributed by atoms with E-state index in [9.17, 15) is 13.6 Å². The van der Waals surface area contributed by atoms with E-state index in [1.54, 1.807) is 39.2 Å². The smallest absolute Gasteiger partial charge is 0.251 e. The lowest BCUT2D eigenvalue weighted by Gasteiger charge is -2.22. The molecule has 0 spiro atoms. The molecule has 2 rings (SSSR count). The number of halogens is 2. The quantitative estimate of drug-likeness (QED) is 0.427. The average Bonchev–Trinajstić information content (AvgIpc) is 2.72. The van der Waals surface area contributed by atoms with Crippen LogP contribution < -0.4 is 5.73 Å². The number of anilines is 1. The molecule has 5 nitrogen and oxygen atoms in total. The van der Waals surface area contributed by atoms with Crippen LogP contribution in [0.2, 0.25) is 0 Å². The lowest BCUT2D eigenvalue weighted by Crippen LogP contribution is -2.26. The molecule has 0 bridgehead atoms. The Morgan fingerprint density at radius 2 is 2.07 bits per heavy atom. The molecule has 30 heavy (non-hydrogen) atoms.